The van der Waals surface area contributed by atoms with Gasteiger partial charge < -0.3 is 9.80 Å². The highest BCUT2D eigenvalue weighted by Gasteiger charge is 2.42. The summed E-state index contributed by atoms with van der Waals surface area (Å²) in [7, 11) is 1.39. The molecular formula is C9H10F3N3O2. The van der Waals surface area contributed by atoms with Crippen LogP contribution in [0.25, 0.3) is 0 Å². The van der Waals surface area contributed by atoms with Crippen LogP contribution in [0.4, 0.5) is 13.2 Å². The molecule has 1 atom stereocenters. The van der Waals surface area contributed by atoms with E-state index in [9.17, 15) is 22.8 Å². The summed E-state index contributed by atoms with van der Waals surface area (Å²) in [5.74, 6) is -3.29. The summed E-state index contributed by atoms with van der Waals surface area (Å²) in [5.41, 5.74) is 0. The first-order chi connectivity index (χ1) is 7.75. The summed E-state index contributed by atoms with van der Waals surface area (Å²) in [4.78, 5) is 24.5. The molecule has 0 aliphatic carbocycles. The molecule has 0 aromatic heterocycles. The molecule has 1 heterocycles. The second-order valence-corrected chi connectivity index (χ2v) is 3.75. The first kappa shape index (κ1) is 13.3. The van der Waals surface area contributed by atoms with Crippen LogP contribution in [0.1, 0.15) is 0 Å². The largest absolute Gasteiger partial charge is 0.406 e. The third-order valence-electron chi connectivity index (χ3n) is 2.43. The molecule has 1 aliphatic heterocycles. The van der Waals surface area contributed by atoms with Crippen LogP contribution < -0.4 is 0 Å². The van der Waals surface area contributed by atoms with E-state index in [-0.39, 0.29) is 6.54 Å². The van der Waals surface area contributed by atoms with E-state index < -0.39 is 37.0 Å². The van der Waals surface area contributed by atoms with Gasteiger partial charge in [-0.15, -0.1) is 0 Å². The third kappa shape index (κ3) is 3.09. The number of amides is 2. The molecule has 0 N–H and O–H groups in total. The summed E-state index contributed by atoms with van der Waals surface area (Å²) in [6, 6.07) is 1.09. The van der Waals surface area contributed by atoms with Gasteiger partial charge in [-0.2, -0.15) is 18.4 Å². The second kappa shape index (κ2) is 4.61. The maximum Gasteiger partial charge on any atom is 0.406 e. The van der Waals surface area contributed by atoms with E-state index >= 15 is 0 Å². The van der Waals surface area contributed by atoms with Crippen molar-refractivity contribution in [2.45, 2.75) is 6.18 Å². The number of likely N-dealkylation sites (N-methyl/N-ethyl adjacent to an activating group) is 1. The number of piperazine rings is 1. The molecule has 0 saturated carbocycles. The fourth-order valence-corrected chi connectivity index (χ4v) is 1.37. The number of hydrogen-bond acceptors (Lipinski definition) is 3. The second-order valence-electron chi connectivity index (χ2n) is 3.75. The van der Waals surface area contributed by atoms with E-state index in [1.54, 1.807) is 0 Å². The van der Waals surface area contributed by atoms with E-state index in [2.05, 4.69) is 0 Å². The molecule has 1 saturated heterocycles. The Morgan fingerprint density at radius 1 is 1.35 bits per heavy atom. The number of rotatable bonds is 2. The number of carbonyl (C=O) groups excluding carboxylic acids is 2. The van der Waals surface area contributed by atoms with Gasteiger partial charge in [0, 0.05) is 13.6 Å². The number of nitrogens with zero attached hydrogens (tertiary/aromatic N) is 3. The van der Waals surface area contributed by atoms with Crippen molar-refractivity contribution in [1.82, 2.24) is 9.80 Å². The average Bonchev–Trinajstić information content (AvgIpc) is 2.19. The normalized spacial score (nSPS) is 19.2. The highest BCUT2D eigenvalue weighted by atomic mass is 19.4. The standard InChI is InChI=1S/C9H10F3N3O2/c1-14-4-8(17)15(5-7(14)16)3-6(2-13)9(10,11)12/h6H,3-5H2,1H3. The summed E-state index contributed by atoms with van der Waals surface area (Å²) in [5, 5.41) is 8.39. The van der Waals surface area contributed by atoms with Crippen molar-refractivity contribution in [1.29, 1.82) is 5.26 Å². The average molecular weight is 249 g/mol. The van der Waals surface area contributed by atoms with Gasteiger partial charge in [0.25, 0.3) is 0 Å². The molecule has 0 spiro atoms. The van der Waals surface area contributed by atoms with E-state index in [0.717, 1.165) is 15.9 Å². The SMILES string of the molecule is CN1CC(=O)N(CC(C#N)C(F)(F)F)CC1=O. The van der Waals surface area contributed by atoms with Gasteiger partial charge in [0.1, 0.15) is 0 Å². The van der Waals surface area contributed by atoms with E-state index in [4.69, 9.17) is 5.26 Å². The Morgan fingerprint density at radius 2 is 1.94 bits per heavy atom. The van der Waals surface area contributed by atoms with Crippen LogP contribution in [-0.2, 0) is 9.59 Å². The van der Waals surface area contributed by atoms with Gasteiger partial charge in [-0.3, -0.25) is 9.59 Å². The molecule has 1 rings (SSSR count). The van der Waals surface area contributed by atoms with Crippen LogP contribution in [0.15, 0.2) is 0 Å². The number of nitriles is 1. The Morgan fingerprint density at radius 3 is 2.41 bits per heavy atom. The first-order valence-corrected chi connectivity index (χ1v) is 4.73. The Bertz CT molecular complexity index is 375. The molecule has 8 heteroatoms. The molecule has 17 heavy (non-hydrogen) atoms. The summed E-state index contributed by atoms with van der Waals surface area (Å²) < 4.78 is 37.0. The predicted octanol–water partition coefficient (Wildman–Crippen LogP) is -0.0109. The van der Waals surface area contributed by atoms with Crippen LogP contribution in [0.2, 0.25) is 0 Å². The molecule has 1 unspecified atom stereocenters. The van der Waals surface area contributed by atoms with Crippen LogP contribution in [0, 0.1) is 17.2 Å². The topological polar surface area (TPSA) is 64.4 Å². The highest BCUT2D eigenvalue weighted by molar-refractivity contribution is 5.92. The van der Waals surface area contributed by atoms with Gasteiger partial charge in [-0.25, -0.2) is 0 Å². The molecule has 0 radical (unpaired) electrons. The van der Waals surface area contributed by atoms with E-state index in [1.807, 2.05) is 0 Å². The minimum atomic E-state index is -4.69. The molecule has 1 fully saturated rings. The molecule has 0 aromatic rings. The van der Waals surface area contributed by atoms with Crippen molar-refractivity contribution in [2.24, 2.45) is 5.92 Å². The third-order valence-corrected chi connectivity index (χ3v) is 2.43. The van der Waals surface area contributed by atoms with Crippen LogP contribution in [0.5, 0.6) is 0 Å². The first-order valence-electron chi connectivity index (χ1n) is 4.73. The number of hydrogen-bond donors (Lipinski definition) is 0. The summed E-state index contributed by atoms with van der Waals surface area (Å²) in [6.45, 7) is -1.46. The molecule has 5 nitrogen and oxygen atoms in total. The predicted molar refractivity (Wildman–Crippen MR) is 49.4 cm³/mol. The molecule has 0 bridgehead atoms. The fraction of sp³-hybridized carbons (Fsp3) is 0.667. The molecule has 0 aromatic carbocycles. The lowest BCUT2D eigenvalue weighted by atomic mass is 10.1. The quantitative estimate of drug-likeness (QED) is 0.691. The van der Waals surface area contributed by atoms with Crippen molar-refractivity contribution in [2.75, 3.05) is 26.7 Å². The van der Waals surface area contributed by atoms with Crippen molar-refractivity contribution in [3.05, 3.63) is 0 Å². The van der Waals surface area contributed by atoms with Gasteiger partial charge in [0.15, 0.2) is 5.92 Å². The Labute approximate surface area is 95.4 Å². The minimum absolute atomic E-state index is 0.255. The van der Waals surface area contributed by atoms with Gasteiger partial charge in [0.05, 0.1) is 19.2 Å². The Kier molecular flexibility index (Phi) is 3.60. The maximum atomic E-state index is 12.3. The smallest absolute Gasteiger partial charge is 0.335 e. The van der Waals surface area contributed by atoms with Crippen LogP contribution >= 0.6 is 0 Å². The number of alkyl halides is 3. The van der Waals surface area contributed by atoms with Gasteiger partial charge in [0.2, 0.25) is 11.8 Å². The Balaban J connectivity index is 2.72. The van der Waals surface area contributed by atoms with Gasteiger partial charge >= 0.3 is 6.18 Å². The highest BCUT2D eigenvalue weighted by Crippen LogP contribution is 2.26. The van der Waals surface area contributed by atoms with E-state index in [0.29, 0.717) is 0 Å². The molecular weight excluding hydrogens is 239 g/mol. The number of carbonyl (C=O) groups is 2. The van der Waals surface area contributed by atoms with Crippen molar-refractivity contribution in [3.63, 3.8) is 0 Å². The van der Waals surface area contributed by atoms with Crippen molar-refractivity contribution in [3.8, 4) is 6.07 Å². The molecule has 94 valence electrons. The monoisotopic (exact) mass is 249 g/mol. The lowest BCUT2D eigenvalue weighted by Gasteiger charge is -2.32. The minimum Gasteiger partial charge on any atom is -0.335 e. The lowest BCUT2D eigenvalue weighted by molar-refractivity contribution is -0.170. The zero-order valence-electron chi connectivity index (χ0n) is 8.99. The lowest BCUT2D eigenvalue weighted by Crippen LogP contribution is -2.54. The molecule has 2 amide bonds. The zero-order valence-corrected chi connectivity index (χ0v) is 8.99. The summed E-state index contributed by atoms with van der Waals surface area (Å²) >= 11 is 0. The fourth-order valence-electron chi connectivity index (χ4n) is 1.37. The maximum absolute atomic E-state index is 12.3. The zero-order chi connectivity index (χ0) is 13.2. The molecule has 1 aliphatic rings. The van der Waals surface area contributed by atoms with E-state index in [1.165, 1.54) is 7.05 Å². The number of halogens is 3. The van der Waals surface area contributed by atoms with Gasteiger partial charge in [-0.05, 0) is 0 Å². The van der Waals surface area contributed by atoms with Crippen LogP contribution in [0.3, 0.4) is 0 Å². The van der Waals surface area contributed by atoms with Crippen molar-refractivity contribution < 1.29 is 22.8 Å². The summed E-state index contributed by atoms with van der Waals surface area (Å²) in [6.07, 6.45) is -4.69. The van der Waals surface area contributed by atoms with Gasteiger partial charge in [-0.1, -0.05) is 0 Å². The van der Waals surface area contributed by atoms with Crippen molar-refractivity contribution >= 4 is 11.8 Å². The van der Waals surface area contributed by atoms with Crippen LogP contribution in [-0.4, -0.2) is 54.5 Å². The Hall–Kier alpha value is -1.78.